The first kappa shape index (κ1) is 19.3. The zero-order valence-electron chi connectivity index (χ0n) is 15.5. The Balaban J connectivity index is 1.70. The SMILES string of the molecule is COc1ccc(C(CNCc2ccccc2[N+](=O)[O-])N2CCOCC2)cc1. The number of ether oxygens (including phenoxy) is 2. The lowest BCUT2D eigenvalue weighted by Gasteiger charge is -2.35. The summed E-state index contributed by atoms with van der Waals surface area (Å²) in [5, 5.41) is 14.6. The fraction of sp³-hybridized carbons (Fsp3) is 0.400. The van der Waals surface area contributed by atoms with E-state index >= 15 is 0 Å². The van der Waals surface area contributed by atoms with Gasteiger partial charge in [-0.3, -0.25) is 15.0 Å². The third kappa shape index (κ3) is 5.03. The van der Waals surface area contributed by atoms with Crippen molar-refractivity contribution in [2.45, 2.75) is 12.6 Å². The fourth-order valence-electron chi connectivity index (χ4n) is 3.35. The van der Waals surface area contributed by atoms with Crippen LogP contribution in [0.15, 0.2) is 48.5 Å². The third-order valence-electron chi connectivity index (χ3n) is 4.83. The van der Waals surface area contributed by atoms with Crippen molar-refractivity contribution < 1.29 is 14.4 Å². The Kier molecular flexibility index (Phi) is 6.75. The monoisotopic (exact) mass is 371 g/mol. The third-order valence-corrected chi connectivity index (χ3v) is 4.83. The van der Waals surface area contributed by atoms with Crippen molar-refractivity contribution in [3.05, 3.63) is 69.8 Å². The van der Waals surface area contributed by atoms with Gasteiger partial charge in [0.2, 0.25) is 0 Å². The van der Waals surface area contributed by atoms with Gasteiger partial charge in [0.25, 0.3) is 5.69 Å². The molecule has 144 valence electrons. The summed E-state index contributed by atoms with van der Waals surface area (Å²) < 4.78 is 10.7. The van der Waals surface area contributed by atoms with Gasteiger partial charge in [-0.1, -0.05) is 30.3 Å². The highest BCUT2D eigenvalue weighted by Gasteiger charge is 2.23. The van der Waals surface area contributed by atoms with E-state index in [0.29, 0.717) is 18.7 Å². The molecule has 0 radical (unpaired) electrons. The summed E-state index contributed by atoms with van der Waals surface area (Å²) in [6.45, 7) is 4.31. The molecule has 0 spiro atoms. The molecule has 0 aromatic heterocycles. The Morgan fingerprint density at radius 3 is 2.56 bits per heavy atom. The molecule has 7 heteroatoms. The molecule has 0 aliphatic carbocycles. The standard InChI is InChI=1S/C20H25N3O4/c1-26-18-8-6-16(7-9-18)20(22-10-12-27-13-11-22)15-21-14-17-4-2-3-5-19(17)23(24)25/h2-9,20-21H,10-15H2,1H3. The molecule has 1 fully saturated rings. The highest BCUT2D eigenvalue weighted by Crippen LogP contribution is 2.24. The molecule has 3 rings (SSSR count). The van der Waals surface area contributed by atoms with Crippen molar-refractivity contribution in [2.75, 3.05) is 40.0 Å². The summed E-state index contributed by atoms with van der Waals surface area (Å²) in [6.07, 6.45) is 0. The lowest BCUT2D eigenvalue weighted by molar-refractivity contribution is -0.385. The molecule has 1 aliphatic heterocycles. The predicted octanol–water partition coefficient (Wildman–Crippen LogP) is 2.77. The minimum absolute atomic E-state index is 0.150. The molecular formula is C20H25N3O4. The Hall–Kier alpha value is -2.48. The Bertz CT molecular complexity index is 745. The number of nitrogens with one attached hydrogen (secondary N) is 1. The summed E-state index contributed by atoms with van der Waals surface area (Å²) in [5.74, 6) is 0.826. The highest BCUT2D eigenvalue weighted by molar-refractivity contribution is 5.39. The molecule has 1 saturated heterocycles. The topological polar surface area (TPSA) is 76.9 Å². The predicted molar refractivity (Wildman–Crippen MR) is 103 cm³/mol. The fourth-order valence-corrected chi connectivity index (χ4v) is 3.35. The van der Waals surface area contributed by atoms with Gasteiger partial charge in [0.05, 0.1) is 25.2 Å². The number of nitro benzene ring substituents is 1. The molecule has 0 saturated carbocycles. The van der Waals surface area contributed by atoms with Crippen molar-refractivity contribution in [2.24, 2.45) is 0 Å². The van der Waals surface area contributed by atoms with Crippen LogP contribution >= 0.6 is 0 Å². The highest BCUT2D eigenvalue weighted by atomic mass is 16.6. The average molecular weight is 371 g/mol. The lowest BCUT2D eigenvalue weighted by Crippen LogP contribution is -2.42. The first-order valence-electron chi connectivity index (χ1n) is 9.08. The number of morpholine rings is 1. The number of hydrogen-bond acceptors (Lipinski definition) is 6. The number of hydrogen-bond donors (Lipinski definition) is 1. The Morgan fingerprint density at radius 2 is 1.89 bits per heavy atom. The molecule has 0 bridgehead atoms. The van der Waals surface area contributed by atoms with E-state index in [1.807, 2.05) is 18.2 Å². The van der Waals surface area contributed by atoms with Gasteiger partial charge < -0.3 is 14.8 Å². The van der Waals surface area contributed by atoms with E-state index in [9.17, 15) is 10.1 Å². The number of para-hydroxylation sites is 1. The van der Waals surface area contributed by atoms with Gasteiger partial charge in [-0.05, 0) is 17.7 Å². The number of methoxy groups -OCH3 is 1. The molecule has 1 atom stereocenters. The minimum atomic E-state index is -0.333. The Morgan fingerprint density at radius 1 is 1.19 bits per heavy atom. The summed E-state index contributed by atoms with van der Waals surface area (Å²) in [4.78, 5) is 13.2. The van der Waals surface area contributed by atoms with Crippen LogP contribution in [-0.2, 0) is 11.3 Å². The molecular weight excluding hydrogens is 346 g/mol. The molecule has 1 heterocycles. The van der Waals surface area contributed by atoms with Crippen LogP contribution in [0.2, 0.25) is 0 Å². The minimum Gasteiger partial charge on any atom is -0.497 e. The number of nitrogens with zero attached hydrogens (tertiary/aromatic N) is 2. The second-order valence-electron chi connectivity index (χ2n) is 6.45. The van der Waals surface area contributed by atoms with Crippen molar-refractivity contribution in [3.63, 3.8) is 0 Å². The second kappa shape index (κ2) is 9.45. The van der Waals surface area contributed by atoms with Crippen LogP contribution in [-0.4, -0.2) is 49.8 Å². The zero-order chi connectivity index (χ0) is 19.1. The molecule has 7 nitrogen and oxygen atoms in total. The van der Waals surface area contributed by atoms with Crippen LogP contribution in [0.5, 0.6) is 5.75 Å². The van der Waals surface area contributed by atoms with Gasteiger partial charge in [0, 0.05) is 43.9 Å². The molecule has 1 aliphatic rings. The van der Waals surface area contributed by atoms with Crippen molar-refractivity contribution >= 4 is 5.69 Å². The van der Waals surface area contributed by atoms with Crippen molar-refractivity contribution in [1.29, 1.82) is 0 Å². The molecule has 0 amide bonds. The van der Waals surface area contributed by atoms with E-state index in [1.165, 1.54) is 5.56 Å². The van der Waals surface area contributed by atoms with Gasteiger partial charge in [-0.2, -0.15) is 0 Å². The number of nitro groups is 1. The summed E-state index contributed by atoms with van der Waals surface area (Å²) in [6, 6.07) is 15.1. The van der Waals surface area contributed by atoms with Crippen LogP contribution in [0.4, 0.5) is 5.69 Å². The van der Waals surface area contributed by atoms with Crippen LogP contribution < -0.4 is 10.1 Å². The van der Waals surface area contributed by atoms with Gasteiger partial charge in [0.15, 0.2) is 0 Å². The van der Waals surface area contributed by atoms with Gasteiger partial charge in [-0.15, -0.1) is 0 Å². The summed E-state index contributed by atoms with van der Waals surface area (Å²) >= 11 is 0. The molecule has 27 heavy (non-hydrogen) atoms. The van der Waals surface area contributed by atoms with Gasteiger partial charge in [-0.25, -0.2) is 0 Å². The lowest BCUT2D eigenvalue weighted by atomic mass is 10.0. The summed E-state index contributed by atoms with van der Waals surface area (Å²) in [5.41, 5.74) is 2.03. The number of rotatable bonds is 8. The first-order valence-corrected chi connectivity index (χ1v) is 9.08. The Labute approximate surface area is 159 Å². The smallest absolute Gasteiger partial charge is 0.273 e. The van der Waals surface area contributed by atoms with E-state index < -0.39 is 0 Å². The van der Waals surface area contributed by atoms with Crippen molar-refractivity contribution in [1.82, 2.24) is 10.2 Å². The van der Waals surface area contributed by atoms with E-state index in [0.717, 1.165) is 32.1 Å². The van der Waals surface area contributed by atoms with Crippen molar-refractivity contribution in [3.8, 4) is 5.75 Å². The zero-order valence-corrected chi connectivity index (χ0v) is 15.5. The van der Waals surface area contributed by atoms with Crippen LogP contribution in [0, 0.1) is 10.1 Å². The van der Waals surface area contributed by atoms with E-state index in [4.69, 9.17) is 9.47 Å². The molecule has 2 aromatic carbocycles. The molecule has 2 aromatic rings. The van der Waals surface area contributed by atoms with E-state index in [2.05, 4.69) is 22.3 Å². The summed E-state index contributed by atoms with van der Waals surface area (Å²) in [7, 11) is 1.66. The quantitative estimate of drug-likeness (QED) is 0.568. The van der Waals surface area contributed by atoms with Gasteiger partial charge >= 0.3 is 0 Å². The molecule has 1 N–H and O–H groups in total. The first-order chi connectivity index (χ1) is 13.2. The second-order valence-corrected chi connectivity index (χ2v) is 6.45. The van der Waals surface area contributed by atoms with Crippen LogP contribution in [0.25, 0.3) is 0 Å². The van der Waals surface area contributed by atoms with Crippen LogP contribution in [0.1, 0.15) is 17.2 Å². The van der Waals surface area contributed by atoms with E-state index in [-0.39, 0.29) is 16.7 Å². The molecule has 1 unspecified atom stereocenters. The maximum Gasteiger partial charge on any atom is 0.273 e. The normalized spacial score (nSPS) is 16.0. The van der Waals surface area contributed by atoms with E-state index in [1.54, 1.807) is 25.3 Å². The van der Waals surface area contributed by atoms with Gasteiger partial charge in [0.1, 0.15) is 5.75 Å². The van der Waals surface area contributed by atoms with Crippen LogP contribution in [0.3, 0.4) is 0 Å². The largest absolute Gasteiger partial charge is 0.497 e. The average Bonchev–Trinajstić information content (AvgIpc) is 2.72. The maximum absolute atomic E-state index is 11.2. The maximum atomic E-state index is 11.2. The number of benzene rings is 2.